The highest BCUT2D eigenvalue weighted by atomic mass is 15.1. The summed E-state index contributed by atoms with van der Waals surface area (Å²) >= 11 is 0. The number of anilines is 1. The average molecular weight is 260 g/mol. The van der Waals surface area contributed by atoms with Gasteiger partial charge in [-0.2, -0.15) is 5.26 Å². The van der Waals surface area contributed by atoms with E-state index in [2.05, 4.69) is 47.3 Å². The maximum Gasteiger partial charge on any atom is 0.0671 e. The third kappa shape index (κ3) is 4.22. The first kappa shape index (κ1) is 15.5. The van der Waals surface area contributed by atoms with Crippen molar-refractivity contribution in [3.63, 3.8) is 0 Å². The number of nitrogens with one attached hydrogen (secondary N) is 1. The van der Waals surface area contributed by atoms with Gasteiger partial charge in [0.2, 0.25) is 0 Å². The first-order valence-electron chi connectivity index (χ1n) is 6.93. The molecule has 1 aromatic rings. The predicted molar refractivity (Wildman–Crippen MR) is 79.0 cm³/mol. The molecule has 1 aromatic heterocycles. The largest absolute Gasteiger partial charge is 0.369 e. The molecule has 0 spiro atoms. The quantitative estimate of drug-likeness (QED) is 0.819. The molecule has 4 heteroatoms. The summed E-state index contributed by atoms with van der Waals surface area (Å²) in [7, 11) is 1.96. The number of nitrogens with zero attached hydrogens (tertiary/aromatic N) is 3. The van der Waals surface area contributed by atoms with E-state index in [1.807, 2.05) is 20.2 Å². The van der Waals surface area contributed by atoms with Crippen LogP contribution in [0.3, 0.4) is 0 Å². The van der Waals surface area contributed by atoms with Crippen molar-refractivity contribution in [1.29, 1.82) is 5.26 Å². The van der Waals surface area contributed by atoms with E-state index in [0.29, 0.717) is 6.04 Å². The van der Waals surface area contributed by atoms with E-state index >= 15 is 0 Å². The molecule has 0 fully saturated rings. The van der Waals surface area contributed by atoms with Crippen molar-refractivity contribution >= 4 is 5.69 Å². The molecule has 1 heterocycles. The molecule has 0 aliphatic carbocycles. The average Bonchev–Trinajstić information content (AvgIpc) is 2.46. The van der Waals surface area contributed by atoms with Crippen LogP contribution in [0.2, 0.25) is 0 Å². The van der Waals surface area contributed by atoms with Gasteiger partial charge in [-0.15, -0.1) is 0 Å². The van der Waals surface area contributed by atoms with Crippen LogP contribution < -0.4 is 10.2 Å². The van der Waals surface area contributed by atoms with Gasteiger partial charge in [0.1, 0.15) is 0 Å². The van der Waals surface area contributed by atoms with Gasteiger partial charge in [0.15, 0.2) is 0 Å². The van der Waals surface area contributed by atoms with Gasteiger partial charge >= 0.3 is 0 Å². The van der Waals surface area contributed by atoms with Gasteiger partial charge in [0.05, 0.1) is 29.6 Å². The molecular weight excluding hydrogens is 236 g/mol. The van der Waals surface area contributed by atoms with Gasteiger partial charge in [0.25, 0.3) is 0 Å². The Kier molecular flexibility index (Phi) is 6.31. The Balaban J connectivity index is 2.81. The molecule has 0 aliphatic rings. The van der Waals surface area contributed by atoms with Gasteiger partial charge in [-0.3, -0.25) is 4.98 Å². The molecular formula is C15H24N4. The van der Waals surface area contributed by atoms with Crippen LogP contribution in [0, 0.1) is 17.2 Å². The van der Waals surface area contributed by atoms with Crippen LogP contribution in [0.5, 0.6) is 0 Å². The summed E-state index contributed by atoms with van der Waals surface area (Å²) in [5, 5.41) is 12.2. The highest BCUT2D eigenvalue weighted by molar-refractivity contribution is 5.45. The topological polar surface area (TPSA) is 52.0 Å². The van der Waals surface area contributed by atoms with Crippen LogP contribution in [-0.4, -0.2) is 25.1 Å². The molecule has 0 radical (unpaired) electrons. The van der Waals surface area contributed by atoms with Crippen molar-refractivity contribution in [1.82, 2.24) is 10.3 Å². The summed E-state index contributed by atoms with van der Waals surface area (Å²) in [5.41, 5.74) is 2.15. The second-order valence-corrected chi connectivity index (χ2v) is 4.76. The van der Waals surface area contributed by atoms with Crippen LogP contribution in [0.15, 0.2) is 18.3 Å². The van der Waals surface area contributed by atoms with Crippen LogP contribution in [0.4, 0.5) is 5.69 Å². The molecule has 1 N–H and O–H groups in total. The van der Waals surface area contributed by atoms with E-state index in [0.717, 1.165) is 30.9 Å². The third-order valence-corrected chi connectivity index (χ3v) is 3.35. The van der Waals surface area contributed by atoms with E-state index in [9.17, 15) is 0 Å². The molecule has 0 aliphatic heterocycles. The monoisotopic (exact) mass is 260 g/mol. The molecule has 1 rings (SSSR count). The Hall–Kier alpha value is -1.60. The van der Waals surface area contributed by atoms with Crippen LogP contribution in [0.1, 0.15) is 38.9 Å². The SMILES string of the molecule is CCC(NC)c1ccc(N(CC)CC(C)C#N)cn1. The Labute approximate surface area is 116 Å². The Morgan fingerprint density at radius 1 is 1.42 bits per heavy atom. The number of aromatic nitrogens is 1. The Morgan fingerprint density at radius 2 is 2.16 bits per heavy atom. The zero-order valence-corrected chi connectivity index (χ0v) is 12.3. The first-order valence-corrected chi connectivity index (χ1v) is 6.93. The lowest BCUT2D eigenvalue weighted by molar-refractivity contribution is 0.561. The summed E-state index contributed by atoms with van der Waals surface area (Å²) in [5.74, 6) is 0.0281. The highest BCUT2D eigenvalue weighted by Gasteiger charge is 2.11. The lowest BCUT2D eigenvalue weighted by Crippen LogP contribution is -2.28. The lowest BCUT2D eigenvalue weighted by Gasteiger charge is -2.24. The van der Waals surface area contributed by atoms with Gasteiger partial charge in [-0.05, 0) is 39.4 Å². The summed E-state index contributed by atoms with van der Waals surface area (Å²) in [6.07, 6.45) is 2.93. The molecule has 0 amide bonds. The van der Waals surface area contributed by atoms with Crippen molar-refractivity contribution < 1.29 is 0 Å². The normalized spacial score (nSPS) is 13.6. The molecule has 4 nitrogen and oxygen atoms in total. The molecule has 2 unspecified atom stereocenters. The lowest BCUT2D eigenvalue weighted by atomic mass is 10.1. The molecule has 104 valence electrons. The molecule has 0 saturated carbocycles. The van der Waals surface area contributed by atoms with E-state index in [1.165, 1.54) is 0 Å². The minimum Gasteiger partial charge on any atom is -0.369 e. The second kappa shape index (κ2) is 7.75. The number of hydrogen-bond donors (Lipinski definition) is 1. The number of hydrogen-bond acceptors (Lipinski definition) is 4. The second-order valence-electron chi connectivity index (χ2n) is 4.76. The maximum absolute atomic E-state index is 8.91. The minimum atomic E-state index is 0.0281. The zero-order valence-electron chi connectivity index (χ0n) is 12.3. The standard InChI is InChI=1S/C15H24N4/c1-5-14(17-4)15-8-7-13(10-18-15)19(6-2)11-12(3)9-16/h7-8,10,12,14,17H,5-6,11H2,1-4H3. The summed E-state index contributed by atoms with van der Waals surface area (Å²) in [6, 6.07) is 6.75. The number of nitriles is 1. The van der Waals surface area contributed by atoms with E-state index in [4.69, 9.17) is 5.26 Å². The van der Waals surface area contributed by atoms with E-state index in [1.54, 1.807) is 0 Å². The van der Waals surface area contributed by atoms with Gasteiger partial charge < -0.3 is 10.2 Å². The first-order chi connectivity index (χ1) is 9.15. The molecule has 0 bridgehead atoms. The van der Waals surface area contributed by atoms with Crippen molar-refractivity contribution in [3.05, 3.63) is 24.0 Å². The summed E-state index contributed by atoms with van der Waals surface area (Å²) in [4.78, 5) is 6.72. The van der Waals surface area contributed by atoms with Gasteiger partial charge in [-0.25, -0.2) is 0 Å². The molecule has 0 aromatic carbocycles. The fourth-order valence-corrected chi connectivity index (χ4v) is 2.14. The van der Waals surface area contributed by atoms with Crippen molar-refractivity contribution in [2.45, 2.75) is 33.2 Å². The Bertz CT molecular complexity index is 403. The zero-order chi connectivity index (χ0) is 14.3. The Morgan fingerprint density at radius 3 is 2.58 bits per heavy atom. The van der Waals surface area contributed by atoms with Crippen LogP contribution in [0.25, 0.3) is 0 Å². The smallest absolute Gasteiger partial charge is 0.0671 e. The molecule has 0 saturated heterocycles. The van der Waals surface area contributed by atoms with Crippen molar-refractivity contribution in [2.24, 2.45) is 5.92 Å². The maximum atomic E-state index is 8.91. The fourth-order valence-electron chi connectivity index (χ4n) is 2.14. The summed E-state index contributed by atoms with van der Waals surface area (Å²) in [6.45, 7) is 7.82. The van der Waals surface area contributed by atoms with E-state index < -0.39 is 0 Å². The molecule has 2 atom stereocenters. The van der Waals surface area contributed by atoms with Crippen LogP contribution >= 0.6 is 0 Å². The summed E-state index contributed by atoms with van der Waals surface area (Å²) < 4.78 is 0. The molecule has 19 heavy (non-hydrogen) atoms. The third-order valence-electron chi connectivity index (χ3n) is 3.35. The van der Waals surface area contributed by atoms with Gasteiger partial charge in [0, 0.05) is 19.1 Å². The van der Waals surface area contributed by atoms with Gasteiger partial charge in [-0.1, -0.05) is 6.92 Å². The van der Waals surface area contributed by atoms with Crippen LogP contribution in [-0.2, 0) is 0 Å². The fraction of sp³-hybridized carbons (Fsp3) is 0.600. The van der Waals surface area contributed by atoms with Crippen molar-refractivity contribution in [3.8, 4) is 6.07 Å². The number of pyridine rings is 1. The number of rotatable bonds is 7. The minimum absolute atomic E-state index is 0.0281. The predicted octanol–water partition coefficient (Wildman–Crippen LogP) is 2.74. The highest BCUT2D eigenvalue weighted by Crippen LogP contribution is 2.19. The van der Waals surface area contributed by atoms with E-state index in [-0.39, 0.29) is 5.92 Å². The van der Waals surface area contributed by atoms with Crippen molar-refractivity contribution in [2.75, 3.05) is 25.0 Å².